The minimum Gasteiger partial charge on any atom is -0.194 e. The van der Waals surface area contributed by atoms with Gasteiger partial charge in [-0.05, 0) is 31.4 Å². The molecule has 0 unspecified atom stereocenters. The van der Waals surface area contributed by atoms with Gasteiger partial charge in [-0.1, -0.05) is 31.5 Å². The zero-order valence-electron chi connectivity index (χ0n) is 10.3. The van der Waals surface area contributed by atoms with Gasteiger partial charge < -0.3 is 0 Å². The number of hydrogen-bond donors (Lipinski definition) is 0. The summed E-state index contributed by atoms with van der Waals surface area (Å²) in [5.74, 6) is 1.23. The third-order valence-corrected chi connectivity index (χ3v) is 4.58. The van der Waals surface area contributed by atoms with Gasteiger partial charge in [0.1, 0.15) is 0 Å². The van der Waals surface area contributed by atoms with Crippen molar-refractivity contribution in [3.8, 4) is 0 Å². The van der Waals surface area contributed by atoms with Crippen LogP contribution in [-0.2, 0) is 13.7 Å². The molecule has 0 saturated carbocycles. The normalized spacial score (nSPS) is 12.0. The highest BCUT2D eigenvalue weighted by Crippen LogP contribution is 2.20. The summed E-state index contributed by atoms with van der Waals surface area (Å²) in [6, 6.07) is 6.64. The second-order valence-corrected chi connectivity index (χ2v) is 6.91. The van der Waals surface area contributed by atoms with Crippen molar-refractivity contribution >= 4 is 22.2 Å². The Kier molecular flexibility index (Phi) is 5.49. The summed E-state index contributed by atoms with van der Waals surface area (Å²) >= 11 is 1.000. The Morgan fingerprint density at radius 3 is 2.35 bits per heavy atom. The average Bonchev–Trinajstić information content (AvgIpc) is 2.25. The van der Waals surface area contributed by atoms with Gasteiger partial charge >= 0.3 is 10.1 Å². The molecule has 0 fully saturated rings. The molecule has 1 rings (SSSR count). The fourth-order valence-electron chi connectivity index (χ4n) is 1.13. The van der Waals surface area contributed by atoms with E-state index in [0.29, 0.717) is 11.7 Å². The van der Waals surface area contributed by atoms with Crippen LogP contribution in [0.5, 0.6) is 0 Å². The molecule has 0 saturated heterocycles. The maximum atomic E-state index is 11.7. The first-order chi connectivity index (χ1) is 7.92. The fraction of sp³-hybridized carbons (Fsp3) is 0.500. The smallest absolute Gasteiger partial charge is 0.194 e. The second kappa shape index (κ2) is 6.42. The van der Waals surface area contributed by atoms with Crippen LogP contribution in [0.1, 0.15) is 25.8 Å². The second-order valence-electron chi connectivity index (χ2n) is 4.34. The molecule has 0 radical (unpaired) electrons. The minimum absolute atomic E-state index is 0.208. The third kappa shape index (κ3) is 5.10. The summed E-state index contributed by atoms with van der Waals surface area (Å²) in [6.45, 7) is 6.10. The summed E-state index contributed by atoms with van der Waals surface area (Å²) in [5.41, 5.74) is 1.02. The Bertz CT molecular complexity index is 435. The number of aryl methyl sites for hydroxylation is 1. The predicted molar refractivity (Wildman–Crippen MR) is 71.4 cm³/mol. The van der Waals surface area contributed by atoms with E-state index >= 15 is 0 Å². The molecule has 1 aromatic rings. The van der Waals surface area contributed by atoms with Crippen LogP contribution in [0.3, 0.4) is 0 Å². The molecule has 0 N–H and O–H groups in total. The van der Waals surface area contributed by atoms with Crippen molar-refractivity contribution in [2.45, 2.75) is 32.1 Å². The molecule has 1 aromatic carbocycles. The summed E-state index contributed by atoms with van der Waals surface area (Å²) < 4.78 is 28.4. The quantitative estimate of drug-likeness (QED) is 0.589. The van der Waals surface area contributed by atoms with Crippen molar-refractivity contribution in [1.82, 2.24) is 0 Å². The van der Waals surface area contributed by atoms with Crippen molar-refractivity contribution in [2.24, 2.45) is 5.92 Å². The number of hydrogen-bond acceptors (Lipinski definition) is 4. The van der Waals surface area contributed by atoms with Crippen molar-refractivity contribution in [3.05, 3.63) is 29.8 Å². The molecule has 0 aliphatic rings. The van der Waals surface area contributed by atoms with Gasteiger partial charge in [-0.15, -0.1) is 0 Å². The van der Waals surface area contributed by atoms with E-state index in [4.69, 9.17) is 3.63 Å². The highest BCUT2D eigenvalue weighted by molar-refractivity contribution is 8.04. The highest BCUT2D eigenvalue weighted by atomic mass is 32.3. The monoisotopic (exact) mass is 274 g/mol. The van der Waals surface area contributed by atoms with Crippen molar-refractivity contribution < 1.29 is 12.0 Å². The van der Waals surface area contributed by atoms with Crippen LogP contribution in [0.4, 0.5) is 0 Å². The van der Waals surface area contributed by atoms with Crippen molar-refractivity contribution in [1.29, 1.82) is 0 Å². The summed E-state index contributed by atoms with van der Waals surface area (Å²) in [6.07, 6.45) is 0.939. The number of rotatable bonds is 6. The van der Waals surface area contributed by atoms with Gasteiger partial charge in [0, 0.05) is 17.8 Å². The molecule has 0 amide bonds. The fourth-order valence-corrected chi connectivity index (χ4v) is 3.26. The van der Waals surface area contributed by atoms with Gasteiger partial charge in [-0.25, -0.2) is 0 Å². The summed E-state index contributed by atoms with van der Waals surface area (Å²) in [4.78, 5) is 0.208. The van der Waals surface area contributed by atoms with Crippen LogP contribution < -0.4 is 0 Å². The Hall–Kier alpha value is -0.520. The molecule has 0 aromatic heterocycles. The zero-order chi connectivity index (χ0) is 12.9. The van der Waals surface area contributed by atoms with Crippen LogP contribution in [0.25, 0.3) is 0 Å². The minimum atomic E-state index is -3.61. The molecule has 3 nitrogen and oxygen atoms in total. The molecular formula is C12H18O3S2. The summed E-state index contributed by atoms with van der Waals surface area (Å²) in [7, 11) is -3.61. The first kappa shape index (κ1) is 14.5. The highest BCUT2D eigenvalue weighted by Gasteiger charge is 2.15. The van der Waals surface area contributed by atoms with Crippen LogP contribution in [0, 0.1) is 12.8 Å². The lowest BCUT2D eigenvalue weighted by Gasteiger charge is -2.05. The Balaban J connectivity index is 2.54. The topological polar surface area (TPSA) is 43.4 Å². The lowest BCUT2D eigenvalue weighted by atomic mass is 10.2. The third-order valence-electron chi connectivity index (χ3n) is 2.23. The maximum Gasteiger partial charge on any atom is 0.307 e. The summed E-state index contributed by atoms with van der Waals surface area (Å²) in [5, 5.41) is 0. The van der Waals surface area contributed by atoms with Gasteiger partial charge in [0.15, 0.2) is 0 Å². The molecule has 0 atom stereocenters. The van der Waals surface area contributed by atoms with E-state index in [0.717, 1.165) is 24.0 Å². The van der Waals surface area contributed by atoms with E-state index in [1.54, 1.807) is 24.3 Å². The largest absolute Gasteiger partial charge is 0.307 e. The number of benzene rings is 1. The zero-order valence-corrected chi connectivity index (χ0v) is 12.0. The lowest BCUT2D eigenvalue weighted by Crippen LogP contribution is -2.02. The van der Waals surface area contributed by atoms with E-state index in [2.05, 4.69) is 13.8 Å². The Morgan fingerprint density at radius 2 is 1.82 bits per heavy atom. The lowest BCUT2D eigenvalue weighted by molar-refractivity contribution is 0.516. The molecule has 0 aliphatic carbocycles. The Labute approximate surface area is 108 Å². The molecule has 0 aliphatic heterocycles. The molecule has 0 bridgehead atoms. The molecule has 17 heavy (non-hydrogen) atoms. The van der Waals surface area contributed by atoms with Crippen LogP contribution in [0.15, 0.2) is 29.2 Å². The van der Waals surface area contributed by atoms with Gasteiger partial charge in [-0.3, -0.25) is 0 Å². The molecular weight excluding hydrogens is 256 g/mol. The van der Waals surface area contributed by atoms with Crippen LogP contribution in [-0.4, -0.2) is 14.2 Å². The van der Waals surface area contributed by atoms with E-state index in [1.807, 2.05) is 6.92 Å². The first-order valence-electron chi connectivity index (χ1n) is 5.54. The Morgan fingerprint density at radius 1 is 1.24 bits per heavy atom. The molecule has 96 valence electrons. The van der Waals surface area contributed by atoms with Crippen molar-refractivity contribution in [3.63, 3.8) is 0 Å². The molecule has 0 spiro atoms. The van der Waals surface area contributed by atoms with Gasteiger partial charge in [0.2, 0.25) is 0 Å². The van der Waals surface area contributed by atoms with Crippen LogP contribution >= 0.6 is 12.0 Å². The molecule has 0 heterocycles. The van der Waals surface area contributed by atoms with Gasteiger partial charge in [0.25, 0.3) is 0 Å². The van der Waals surface area contributed by atoms with E-state index in [9.17, 15) is 8.42 Å². The van der Waals surface area contributed by atoms with Crippen LogP contribution in [0.2, 0.25) is 0 Å². The van der Waals surface area contributed by atoms with Gasteiger partial charge in [-0.2, -0.15) is 12.0 Å². The van der Waals surface area contributed by atoms with Gasteiger partial charge in [0.05, 0.1) is 4.90 Å². The maximum absolute atomic E-state index is 11.7. The van der Waals surface area contributed by atoms with Crippen molar-refractivity contribution in [2.75, 3.05) is 5.75 Å². The standard InChI is InChI=1S/C12H18O3S2/c1-10(2)8-9-16-15-17(13,14)12-6-4-11(3)5-7-12/h4-7,10H,8-9H2,1-3H3. The van der Waals surface area contributed by atoms with E-state index in [-0.39, 0.29) is 4.90 Å². The first-order valence-corrected chi connectivity index (χ1v) is 7.86. The van der Waals surface area contributed by atoms with E-state index < -0.39 is 10.1 Å². The van der Waals surface area contributed by atoms with E-state index in [1.165, 1.54) is 0 Å². The predicted octanol–water partition coefficient (Wildman–Crippen LogP) is 3.39. The molecule has 5 heteroatoms. The SMILES string of the molecule is Cc1ccc(S(=O)(=O)OSCCC(C)C)cc1. The average molecular weight is 274 g/mol.